The van der Waals surface area contributed by atoms with E-state index in [0.717, 1.165) is 25.0 Å². The average molecular weight is 560 g/mol. The minimum absolute atomic E-state index is 0.0609. The Morgan fingerprint density at radius 2 is 1.81 bits per heavy atom. The molecule has 2 amide bonds. The van der Waals surface area contributed by atoms with Crippen molar-refractivity contribution in [2.24, 2.45) is 0 Å². The number of hydrogen-bond acceptors (Lipinski definition) is 6. The zero-order valence-corrected chi connectivity index (χ0v) is 20.8. The van der Waals surface area contributed by atoms with E-state index < -0.39 is 40.2 Å². The van der Waals surface area contributed by atoms with Gasteiger partial charge in [0, 0.05) is 41.1 Å². The van der Waals surface area contributed by atoms with Crippen LogP contribution in [-0.4, -0.2) is 40.9 Å². The molecule has 188 valence electrons. The number of anilines is 1. The average Bonchev–Trinajstić information content (AvgIpc) is 2.84. The lowest BCUT2D eigenvalue weighted by molar-refractivity contribution is -0.384. The van der Waals surface area contributed by atoms with E-state index in [1.54, 1.807) is 0 Å². The summed E-state index contributed by atoms with van der Waals surface area (Å²) in [5.41, 5.74) is -0.369. The number of nitro benzene ring substituents is 1. The Balaban J connectivity index is 1.67. The molecule has 0 radical (unpaired) electrons. The van der Waals surface area contributed by atoms with Crippen LogP contribution in [0.15, 0.2) is 45.7 Å². The zero-order valence-electron chi connectivity index (χ0n) is 19.2. The van der Waals surface area contributed by atoms with Crippen molar-refractivity contribution >= 4 is 50.0 Å². The molecule has 4 N–H and O–H groups in total. The van der Waals surface area contributed by atoms with Crippen molar-refractivity contribution in [2.45, 2.75) is 37.8 Å². The number of hydrogen-bond donors (Lipinski definition) is 4. The van der Waals surface area contributed by atoms with E-state index in [9.17, 15) is 28.9 Å². The lowest BCUT2D eigenvalue weighted by Crippen LogP contribution is -2.49. The first kappa shape index (κ1) is 25.3. The minimum Gasteiger partial charge on any atom is -0.374 e. The molecule has 4 rings (SSSR count). The molecule has 0 aliphatic heterocycles. The van der Waals surface area contributed by atoms with Crippen molar-refractivity contribution in [3.8, 4) is 0 Å². The molecular formula is C24H23BrFN5O5. The predicted octanol–water partition coefficient (Wildman–Crippen LogP) is 3.85. The number of aromatic nitrogens is 1. The Bertz CT molecular complexity index is 1430. The summed E-state index contributed by atoms with van der Waals surface area (Å²) in [6.45, 7) is 0. The van der Waals surface area contributed by atoms with Gasteiger partial charge in [-0.05, 0) is 37.1 Å². The molecule has 12 heteroatoms. The zero-order chi connectivity index (χ0) is 26.0. The monoisotopic (exact) mass is 559 g/mol. The summed E-state index contributed by atoms with van der Waals surface area (Å²) in [5, 5.41) is 20.8. The normalized spacial score (nSPS) is 17.4. The lowest BCUT2D eigenvalue weighted by atomic mass is 9.89. The molecule has 1 fully saturated rings. The van der Waals surface area contributed by atoms with E-state index in [4.69, 9.17) is 0 Å². The molecule has 2 atom stereocenters. The van der Waals surface area contributed by atoms with Crippen LogP contribution in [0.4, 0.5) is 15.8 Å². The van der Waals surface area contributed by atoms with Gasteiger partial charge in [-0.15, -0.1) is 0 Å². The summed E-state index contributed by atoms with van der Waals surface area (Å²) in [7, 11) is 1.43. The van der Waals surface area contributed by atoms with Crippen LogP contribution >= 0.6 is 15.9 Å². The predicted molar refractivity (Wildman–Crippen MR) is 136 cm³/mol. The molecular weight excluding hydrogens is 537 g/mol. The summed E-state index contributed by atoms with van der Waals surface area (Å²) in [6.07, 6.45) is 2.80. The van der Waals surface area contributed by atoms with Gasteiger partial charge in [0.2, 0.25) is 5.56 Å². The van der Waals surface area contributed by atoms with Gasteiger partial charge in [-0.2, -0.15) is 0 Å². The van der Waals surface area contributed by atoms with Crippen LogP contribution < -0.4 is 21.5 Å². The van der Waals surface area contributed by atoms with Gasteiger partial charge < -0.3 is 20.9 Å². The highest BCUT2D eigenvalue weighted by Gasteiger charge is 2.31. The van der Waals surface area contributed by atoms with Gasteiger partial charge in [-0.25, -0.2) is 4.39 Å². The maximum absolute atomic E-state index is 13.7. The summed E-state index contributed by atoms with van der Waals surface area (Å²) >= 11 is 3.22. The van der Waals surface area contributed by atoms with Crippen molar-refractivity contribution in [3.63, 3.8) is 0 Å². The summed E-state index contributed by atoms with van der Waals surface area (Å²) in [4.78, 5) is 51.6. The molecule has 0 bridgehead atoms. The number of benzene rings is 2. The van der Waals surface area contributed by atoms with E-state index in [-0.39, 0.29) is 28.0 Å². The van der Waals surface area contributed by atoms with Crippen molar-refractivity contribution in [3.05, 3.63) is 78.3 Å². The fourth-order valence-electron chi connectivity index (χ4n) is 4.53. The molecule has 1 aromatic heterocycles. The molecule has 1 heterocycles. The van der Waals surface area contributed by atoms with Crippen LogP contribution in [0.1, 0.15) is 46.4 Å². The highest BCUT2D eigenvalue weighted by molar-refractivity contribution is 9.10. The van der Waals surface area contributed by atoms with Crippen molar-refractivity contribution in [2.75, 3.05) is 12.4 Å². The number of pyridine rings is 1. The van der Waals surface area contributed by atoms with Gasteiger partial charge in [-0.3, -0.25) is 24.5 Å². The van der Waals surface area contributed by atoms with Crippen molar-refractivity contribution in [1.29, 1.82) is 0 Å². The van der Waals surface area contributed by atoms with Gasteiger partial charge in [-0.1, -0.05) is 28.8 Å². The third kappa shape index (κ3) is 5.23. The number of carbonyl (C=O) groups excluding carboxylic acids is 2. The number of rotatable bonds is 6. The Labute approximate surface area is 212 Å². The molecule has 1 aliphatic carbocycles. The van der Waals surface area contributed by atoms with Crippen LogP contribution in [0, 0.1) is 15.9 Å². The van der Waals surface area contributed by atoms with Crippen LogP contribution in [0.2, 0.25) is 0 Å². The van der Waals surface area contributed by atoms with E-state index in [1.807, 2.05) is 0 Å². The van der Waals surface area contributed by atoms with Gasteiger partial charge in [0.1, 0.15) is 11.5 Å². The Kier molecular flexibility index (Phi) is 7.34. The molecule has 2 aromatic carbocycles. The fraction of sp³-hybridized carbons (Fsp3) is 0.292. The Morgan fingerprint density at radius 3 is 2.50 bits per heavy atom. The first-order valence-corrected chi connectivity index (χ1v) is 12.1. The molecule has 3 aromatic rings. The third-order valence-corrected chi connectivity index (χ3v) is 6.67. The van der Waals surface area contributed by atoms with Crippen LogP contribution in [-0.2, 0) is 0 Å². The number of nitro groups is 1. The van der Waals surface area contributed by atoms with Gasteiger partial charge in [0.05, 0.1) is 21.6 Å². The fourth-order valence-corrected chi connectivity index (χ4v) is 4.98. The number of nitrogens with zero attached hydrogens (tertiary/aromatic N) is 1. The van der Waals surface area contributed by atoms with Gasteiger partial charge in [0.25, 0.3) is 17.5 Å². The summed E-state index contributed by atoms with van der Waals surface area (Å²) in [6, 6.07) is 6.87. The molecule has 0 saturated heterocycles. The van der Waals surface area contributed by atoms with Gasteiger partial charge in [0.15, 0.2) is 0 Å². The van der Waals surface area contributed by atoms with Crippen LogP contribution in [0.3, 0.4) is 0 Å². The van der Waals surface area contributed by atoms with E-state index >= 15 is 0 Å². The first-order valence-electron chi connectivity index (χ1n) is 11.3. The molecule has 0 unspecified atom stereocenters. The summed E-state index contributed by atoms with van der Waals surface area (Å²) in [5.74, 6) is -1.57. The van der Waals surface area contributed by atoms with Crippen molar-refractivity contribution in [1.82, 2.24) is 15.6 Å². The second-order valence-corrected chi connectivity index (χ2v) is 9.45. The SMILES string of the molecule is CNC(=O)c1cc(Br)cc([N+](=O)[O-])c1N[C@@H]1CCCC[C@@H]1NC(=O)c1cc(=O)[nH]c2cc(F)ccc12. The molecule has 36 heavy (non-hydrogen) atoms. The van der Waals surface area contributed by atoms with E-state index in [2.05, 4.69) is 36.9 Å². The quantitative estimate of drug-likeness (QED) is 0.266. The standard InChI is InChI=1S/C24H23BrFN5O5/c1-27-23(33)16-8-12(25)9-20(31(35)36)22(16)29-17-4-2-3-5-18(17)30-24(34)15-11-21(32)28-19-10-13(26)6-7-14(15)19/h6-11,17-18,29H,2-5H2,1H3,(H,27,33)(H,28,32)(H,30,34)/t17-,18+/m1/s1. The second-order valence-electron chi connectivity index (χ2n) is 8.54. The van der Waals surface area contributed by atoms with Crippen LogP contribution in [0.5, 0.6) is 0 Å². The maximum atomic E-state index is 13.7. The Morgan fingerprint density at radius 1 is 1.08 bits per heavy atom. The first-order chi connectivity index (χ1) is 17.2. The number of carbonyl (C=O) groups is 2. The lowest BCUT2D eigenvalue weighted by Gasteiger charge is -2.34. The largest absolute Gasteiger partial charge is 0.374 e. The molecule has 1 aliphatic rings. The minimum atomic E-state index is -0.572. The maximum Gasteiger partial charge on any atom is 0.294 e. The van der Waals surface area contributed by atoms with E-state index in [0.29, 0.717) is 22.7 Å². The third-order valence-electron chi connectivity index (χ3n) is 6.21. The highest BCUT2D eigenvalue weighted by atomic mass is 79.9. The molecule has 0 spiro atoms. The number of fused-ring (bicyclic) bond motifs is 1. The number of H-pyrrole nitrogens is 1. The number of aromatic amines is 1. The highest BCUT2D eigenvalue weighted by Crippen LogP contribution is 2.35. The topological polar surface area (TPSA) is 146 Å². The number of amides is 2. The number of halogens is 2. The van der Waals surface area contributed by atoms with Gasteiger partial charge >= 0.3 is 0 Å². The molecule has 1 saturated carbocycles. The van der Waals surface area contributed by atoms with Crippen LogP contribution in [0.25, 0.3) is 10.9 Å². The van der Waals surface area contributed by atoms with Crippen molar-refractivity contribution < 1.29 is 18.9 Å². The summed E-state index contributed by atoms with van der Waals surface area (Å²) < 4.78 is 14.0. The molecule has 10 nitrogen and oxygen atoms in total. The number of nitrogens with one attached hydrogen (secondary N) is 4. The second kappa shape index (κ2) is 10.4. The smallest absolute Gasteiger partial charge is 0.294 e. The Hall–Kier alpha value is -3.80. The van der Waals surface area contributed by atoms with E-state index in [1.165, 1.54) is 31.3 Å².